The van der Waals surface area contributed by atoms with Gasteiger partial charge in [-0.2, -0.15) is 0 Å². The molecule has 11 heteroatoms. The largest absolute Gasteiger partial charge is 0.388 e. The molecule has 0 spiro atoms. The monoisotopic (exact) mass is 508 g/mol. The summed E-state index contributed by atoms with van der Waals surface area (Å²) in [5.74, 6) is 0.533. The second-order valence-electron chi connectivity index (χ2n) is 8.46. The van der Waals surface area contributed by atoms with Gasteiger partial charge in [0.1, 0.15) is 12.2 Å². The van der Waals surface area contributed by atoms with Crippen LogP contribution in [-0.4, -0.2) is 61.0 Å². The average molecular weight is 509 g/mol. The number of benzene rings is 2. The summed E-state index contributed by atoms with van der Waals surface area (Å²) in [4.78, 5) is 25.7. The molecule has 1 aliphatic rings. The number of hydrogen-bond donors (Lipinski definition) is 4. The molecule has 10 nitrogen and oxygen atoms in total. The molecule has 3 heterocycles. The first-order chi connectivity index (χ1) is 17.5. The first-order valence-corrected chi connectivity index (χ1v) is 11.8. The zero-order valence-electron chi connectivity index (χ0n) is 19.4. The molecule has 0 saturated carbocycles. The van der Waals surface area contributed by atoms with E-state index < -0.39 is 24.5 Å². The van der Waals surface area contributed by atoms with E-state index in [4.69, 9.17) is 26.3 Å². The molecule has 4 N–H and O–H groups in total. The Morgan fingerprint density at radius 3 is 2.58 bits per heavy atom. The number of hydrogen-bond acceptors (Lipinski definition) is 8. The van der Waals surface area contributed by atoms with Gasteiger partial charge >= 0.3 is 0 Å². The molecular weight excluding hydrogens is 484 g/mol. The summed E-state index contributed by atoms with van der Waals surface area (Å²) in [6, 6.07) is 17.1. The van der Waals surface area contributed by atoms with E-state index in [2.05, 4.69) is 15.6 Å². The maximum Gasteiger partial charge on any atom is 0.222 e. The van der Waals surface area contributed by atoms with Gasteiger partial charge in [0, 0.05) is 19.2 Å². The number of aliphatic hydroxyl groups is 2. The lowest BCUT2D eigenvalue weighted by Crippen LogP contribution is -2.34. The summed E-state index contributed by atoms with van der Waals surface area (Å²) < 4.78 is 7.45. The molecule has 2 aromatic carbocycles. The molecule has 0 unspecified atom stereocenters. The number of halogens is 1. The minimum atomic E-state index is -1.29. The number of anilines is 1. The Balaban J connectivity index is 1.56. The zero-order chi connectivity index (χ0) is 25.2. The molecule has 186 valence electrons. The third kappa shape index (κ3) is 4.63. The molecule has 5 rings (SSSR count). The van der Waals surface area contributed by atoms with Crippen molar-refractivity contribution < 1.29 is 19.7 Å². The molecular formula is C25H25ClN6O4. The highest BCUT2D eigenvalue weighted by Gasteiger charge is 2.45. The minimum absolute atomic E-state index is 0.0956. The van der Waals surface area contributed by atoms with Crippen molar-refractivity contribution in [1.29, 1.82) is 0 Å². The lowest BCUT2D eigenvalue weighted by molar-refractivity contribution is -0.125. The van der Waals surface area contributed by atoms with E-state index in [1.165, 1.54) is 13.4 Å². The predicted octanol–water partition coefficient (Wildman–Crippen LogP) is 2.51. The lowest BCUT2D eigenvalue weighted by atomic mass is 10.1. The van der Waals surface area contributed by atoms with E-state index in [1.54, 1.807) is 10.6 Å². The summed E-state index contributed by atoms with van der Waals surface area (Å²) in [6.07, 6.45) is -3.06. The molecule has 1 amide bonds. The molecule has 4 atom stereocenters. The van der Waals surface area contributed by atoms with Crippen molar-refractivity contribution in [3.8, 4) is 11.4 Å². The number of nitrogens with zero attached hydrogens (tertiary/aromatic N) is 4. The summed E-state index contributed by atoms with van der Waals surface area (Å²) in [5.41, 5.74) is 2.52. The fourth-order valence-electron chi connectivity index (χ4n) is 4.18. The number of aromatic nitrogens is 4. The van der Waals surface area contributed by atoms with Gasteiger partial charge in [-0.15, -0.1) is 0 Å². The van der Waals surface area contributed by atoms with Crippen LogP contribution in [0.1, 0.15) is 18.2 Å². The van der Waals surface area contributed by atoms with Gasteiger partial charge < -0.3 is 25.6 Å². The molecule has 2 aromatic heterocycles. The first-order valence-electron chi connectivity index (χ1n) is 11.5. The minimum Gasteiger partial charge on any atom is -0.388 e. The Bertz CT molecular complexity index is 1380. The molecule has 1 saturated heterocycles. The maximum atomic E-state index is 11.8. The van der Waals surface area contributed by atoms with Crippen LogP contribution >= 0.6 is 11.6 Å². The summed E-state index contributed by atoms with van der Waals surface area (Å²) in [5, 5.41) is 27.6. The van der Waals surface area contributed by atoms with Gasteiger partial charge in [-0.25, -0.2) is 15.0 Å². The number of aliphatic hydroxyl groups excluding tert-OH is 2. The average Bonchev–Trinajstić information content (AvgIpc) is 3.44. The smallest absolute Gasteiger partial charge is 0.222 e. The van der Waals surface area contributed by atoms with E-state index in [-0.39, 0.29) is 12.3 Å². The van der Waals surface area contributed by atoms with Gasteiger partial charge in [-0.3, -0.25) is 9.36 Å². The van der Waals surface area contributed by atoms with Crippen LogP contribution in [-0.2, 0) is 16.1 Å². The van der Waals surface area contributed by atoms with E-state index in [9.17, 15) is 15.0 Å². The SMILES string of the molecule is CNC(=O)C[C@@H]1O[C@@H](n2cnc3c(NCc4ccccc4)nc(-c4ccccc4Cl)nc32)[C@H](O)[C@@H]1O. The Morgan fingerprint density at radius 1 is 1.08 bits per heavy atom. The van der Waals surface area contributed by atoms with Crippen molar-refractivity contribution in [3.05, 3.63) is 71.5 Å². The summed E-state index contributed by atoms with van der Waals surface area (Å²) in [6.45, 7) is 0.497. The van der Waals surface area contributed by atoms with Crippen LogP contribution in [0.15, 0.2) is 60.9 Å². The molecule has 0 radical (unpaired) electrons. The van der Waals surface area contributed by atoms with Gasteiger partial charge in [0.05, 0.1) is 23.9 Å². The van der Waals surface area contributed by atoms with Crippen LogP contribution in [0, 0.1) is 0 Å². The van der Waals surface area contributed by atoms with Gasteiger partial charge in [0.2, 0.25) is 5.91 Å². The number of ether oxygens (including phenoxy) is 1. The second kappa shape index (κ2) is 10.2. The molecule has 1 fully saturated rings. The van der Waals surface area contributed by atoms with Crippen molar-refractivity contribution in [1.82, 2.24) is 24.8 Å². The van der Waals surface area contributed by atoms with Gasteiger partial charge in [-0.05, 0) is 17.7 Å². The number of rotatable bonds is 7. The molecule has 36 heavy (non-hydrogen) atoms. The Hall–Kier alpha value is -3.57. The molecule has 4 aromatic rings. The fourth-order valence-corrected chi connectivity index (χ4v) is 4.40. The Kier molecular flexibility index (Phi) is 6.84. The van der Waals surface area contributed by atoms with Crippen molar-refractivity contribution in [2.75, 3.05) is 12.4 Å². The van der Waals surface area contributed by atoms with Gasteiger partial charge in [0.15, 0.2) is 29.0 Å². The lowest BCUT2D eigenvalue weighted by Gasteiger charge is -2.17. The van der Waals surface area contributed by atoms with Crippen LogP contribution in [0.25, 0.3) is 22.6 Å². The number of amides is 1. The van der Waals surface area contributed by atoms with Crippen molar-refractivity contribution in [2.45, 2.75) is 37.5 Å². The van der Waals surface area contributed by atoms with E-state index in [1.807, 2.05) is 48.5 Å². The van der Waals surface area contributed by atoms with Crippen LogP contribution < -0.4 is 10.6 Å². The third-order valence-electron chi connectivity index (χ3n) is 6.12. The number of carbonyl (C=O) groups is 1. The van der Waals surface area contributed by atoms with E-state index >= 15 is 0 Å². The predicted molar refractivity (Wildman–Crippen MR) is 134 cm³/mol. The van der Waals surface area contributed by atoms with Crippen LogP contribution in [0.2, 0.25) is 5.02 Å². The quantitative estimate of drug-likeness (QED) is 0.299. The highest BCUT2D eigenvalue weighted by Crippen LogP contribution is 2.35. The highest BCUT2D eigenvalue weighted by atomic mass is 35.5. The van der Waals surface area contributed by atoms with Gasteiger partial charge in [0.25, 0.3) is 0 Å². The Morgan fingerprint density at radius 2 is 1.83 bits per heavy atom. The van der Waals surface area contributed by atoms with E-state index in [0.29, 0.717) is 39.9 Å². The number of nitrogens with one attached hydrogen (secondary N) is 2. The van der Waals surface area contributed by atoms with Crippen LogP contribution in [0.4, 0.5) is 5.82 Å². The normalized spacial score (nSPS) is 21.6. The molecule has 1 aliphatic heterocycles. The fraction of sp³-hybridized carbons (Fsp3) is 0.280. The molecule has 0 bridgehead atoms. The van der Waals surface area contributed by atoms with Crippen molar-refractivity contribution >= 4 is 34.5 Å². The maximum absolute atomic E-state index is 11.8. The highest BCUT2D eigenvalue weighted by molar-refractivity contribution is 6.33. The standard InChI is InChI=1S/C25H25ClN6O4/c1-27-18(33)11-17-20(34)21(35)25(36-17)32-13-29-19-23(28-12-14-7-3-2-4-8-14)30-22(31-24(19)32)15-9-5-6-10-16(15)26/h2-10,13,17,20-21,25,34-35H,11-12H2,1H3,(H,27,33)(H,28,30,31)/t17-,20+,21+,25+/m0/s1. The second-order valence-corrected chi connectivity index (χ2v) is 8.87. The van der Waals surface area contributed by atoms with Gasteiger partial charge in [-0.1, -0.05) is 54.1 Å². The van der Waals surface area contributed by atoms with E-state index in [0.717, 1.165) is 5.56 Å². The zero-order valence-corrected chi connectivity index (χ0v) is 20.1. The number of fused-ring (bicyclic) bond motifs is 1. The van der Waals surface area contributed by atoms with Crippen molar-refractivity contribution in [3.63, 3.8) is 0 Å². The van der Waals surface area contributed by atoms with Crippen molar-refractivity contribution in [2.24, 2.45) is 0 Å². The first kappa shape index (κ1) is 24.1. The molecule has 0 aliphatic carbocycles. The summed E-state index contributed by atoms with van der Waals surface area (Å²) in [7, 11) is 1.50. The van der Waals surface area contributed by atoms with Crippen LogP contribution in [0.5, 0.6) is 0 Å². The number of imidazole rings is 1. The summed E-state index contributed by atoms with van der Waals surface area (Å²) >= 11 is 6.44. The Labute approximate surface area is 211 Å². The number of carbonyl (C=O) groups excluding carboxylic acids is 1. The topological polar surface area (TPSA) is 134 Å². The third-order valence-corrected chi connectivity index (χ3v) is 6.45. The van der Waals surface area contributed by atoms with Crippen LogP contribution in [0.3, 0.4) is 0 Å².